The number of imide groups is 1. The first-order chi connectivity index (χ1) is 11.8. The Labute approximate surface area is 148 Å². The molecule has 1 aromatic carbocycles. The van der Waals surface area contributed by atoms with Gasteiger partial charge in [-0.05, 0) is 44.5 Å². The van der Waals surface area contributed by atoms with Gasteiger partial charge in [0.15, 0.2) is 0 Å². The van der Waals surface area contributed by atoms with Crippen LogP contribution in [0.3, 0.4) is 0 Å². The van der Waals surface area contributed by atoms with E-state index in [-0.39, 0.29) is 24.8 Å². The van der Waals surface area contributed by atoms with Crippen LogP contribution >= 0.6 is 0 Å². The highest BCUT2D eigenvalue weighted by atomic mass is 16.2. The van der Waals surface area contributed by atoms with Gasteiger partial charge in [0, 0.05) is 25.2 Å². The fourth-order valence-electron chi connectivity index (χ4n) is 2.67. The summed E-state index contributed by atoms with van der Waals surface area (Å²) in [6, 6.07) is 7.27. The smallest absolute Gasteiger partial charge is 0.325 e. The highest BCUT2D eigenvalue weighted by molar-refractivity contribution is 6.06. The fourth-order valence-corrected chi connectivity index (χ4v) is 2.67. The third-order valence-corrected chi connectivity index (χ3v) is 4.02. The molecule has 0 bridgehead atoms. The van der Waals surface area contributed by atoms with Crippen molar-refractivity contribution in [2.45, 2.75) is 45.7 Å². The molecule has 1 aromatic rings. The third-order valence-electron chi connectivity index (χ3n) is 4.02. The zero-order chi connectivity index (χ0) is 18.4. The summed E-state index contributed by atoms with van der Waals surface area (Å²) in [7, 11) is 0. The molecule has 0 radical (unpaired) electrons. The van der Waals surface area contributed by atoms with Crippen LogP contribution in [0.2, 0.25) is 0 Å². The number of hydrogen-bond donors (Lipinski definition) is 3. The van der Waals surface area contributed by atoms with E-state index >= 15 is 0 Å². The Morgan fingerprint density at radius 2 is 2.04 bits per heavy atom. The van der Waals surface area contributed by atoms with Crippen LogP contribution in [0.5, 0.6) is 0 Å². The monoisotopic (exact) mass is 346 g/mol. The van der Waals surface area contributed by atoms with Crippen molar-refractivity contribution in [2.75, 3.05) is 18.4 Å². The van der Waals surface area contributed by atoms with E-state index < -0.39 is 11.6 Å². The second-order valence-corrected chi connectivity index (χ2v) is 6.64. The Bertz CT molecular complexity index is 657. The molecule has 1 aliphatic rings. The zero-order valence-electron chi connectivity index (χ0n) is 15.0. The quantitative estimate of drug-likeness (QED) is 0.627. The number of urea groups is 1. The van der Waals surface area contributed by atoms with Gasteiger partial charge in [-0.1, -0.05) is 19.1 Å². The topological polar surface area (TPSA) is 90.5 Å². The second-order valence-electron chi connectivity index (χ2n) is 6.64. The van der Waals surface area contributed by atoms with Crippen LogP contribution in [0.25, 0.3) is 0 Å². The minimum Gasteiger partial charge on any atom is -0.326 e. The van der Waals surface area contributed by atoms with Gasteiger partial charge in [-0.25, -0.2) is 4.79 Å². The number of carbonyl (C=O) groups excluding carboxylic acids is 3. The number of nitrogens with zero attached hydrogens (tertiary/aromatic N) is 1. The maximum absolute atomic E-state index is 12.1. The Morgan fingerprint density at radius 1 is 1.28 bits per heavy atom. The van der Waals surface area contributed by atoms with Crippen molar-refractivity contribution in [1.82, 2.24) is 15.5 Å². The third kappa shape index (κ3) is 5.03. The molecule has 0 aliphatic carbocycles. The Morgan fingerprint density at radius 3 is 2.68 bits per heavy atom. The standard InChI is InChI=1S/C18H26N4O3/c1-4-19-12-13-7-5-8-14(11-13)20-15(23)9-6-10-22-16(24)18(2,3)21-17(22)25/h5,7-8,11,19H,4,6,9-10,12H2,1-3H3,(H,20,23)(H,21,25). The molecule has 4 amide bonds. The molecule has 25 heavy (non-hydrogen) atoms. The van der Waals surface area contributed by atoms with Crippen molar-refractivity contribution >= 4 is 23.5 Å². The van der Waals surface area contributed by atoms with Crippen LogP contribution in [0.1, 0.15) is 39.2 Å². The Hall–Kier alpha value is -2.41. The van der Waals surface area contributed by atoms with Crippen LogP contribution in [-0.2, 0) is 16.1 Å². The summed E-state index contributed by atoms with van der Waals surface area (Å²) in [6.45, 7) is 7.25. The molecule has 1 aliphatic heterocycles. The number of nitrogens with one attached hydrogen (secondary N) is 3. The van der Waals surface area contributed by atoms with Crippen molar-refractivity contribution in [3.8, 4) is 0 Å². The summed E-state index contributed by atoms with van der Waals surface area (Å²) in [5.74, 6) is -0.388. The lowest BCUT2D eigenvalue weighted by Crippen LogP contribution is -2.40. The summed E-state index contributed by atoms with van der Waals surface area (Å²) < 4.78 is 0. The highest BCUT2D eigenvalue weighted by Gasteiger charge is 2.43. The highest BCUT2D eigenvalue weighted by Crippen LogP contribution is 2.17. The predicted molar refractivity (Wildman–Crippen MR) is 96.0 cm³/mol. The zero-order valence-corrected chi connectivity index (χ0v) is 15.0. The molecule has 0 atom stereocenters. The van der Waals surface area contributed by atoms with E-state index in [1.807, 2.05) is 31.2 Å². The number of amides is 4. The minimum absolute atomic E-state index is 0.132. The van der Waals surface area contributed by atoms with Gasteiger partial charge in [0.1, 0.15) is 5.54 Å². The van der Waals surface area contributed by atoms with Crippen molar-refractivity contribution in [1.29, 1.82) is 0 Å². The van der Waals surface area contributed by atoms with Crippen molar-refractivity contribution in [3.63, 3.8) is 0 Å². The summed E-state index contributed by atoms with van der Waals surface area (Å²) >= 11 is 0. The Kier molecular flexibility index (Phi) is 6.14. The number of rotatable bonds is 8. The second kappa shape index (κ2) is 8.11. The number of hydrogen-bond acceptors (Lipinski definition) is 4. The van der Waals surface area contributed by atoms with Crippen LogP contribution in [0.4, 0.5) is 10.5 Å². The fraction of sp³-hybridized carbons (Fsp3) is 0.500. The molecular formula is C18H26N4O3. The van der Waals surface area contributed by atoms with Crippen molar-refractivity contribution in [3.05, 3.63) is 29.8 Å². The first kappa shape index (κ1) is 18.9. The average molecular weight is 346 g/mol. The largest absolute Gasteiger partial charge is 0.326 e. The van der Waals surface area contributed by atoms with Crippen molar-refractivity contribution in [2.24, 2.45) is 0 Å². The summed E-state index contributed by atoms with van der Waals surface area (Å²) in [6.07, 6.45) is 0.674. The van der Waals surface area contributed by atoms with Crippen LogP contribution < -0.4 is 16.0 Å². The van der Waals surface area contributed by atoms with E-state index in [2.05, 4.69) is 16.0 Å². The van der Waals surface area contributed by atoms with E-state index in [1.54, 1.807) is 13.8 Å². The lowest BCUT2D eigenvalue weighted by atomic mass is 10.1. The van der Waals surface area contributed by atoms with Crippen molar-refractivity contribution < 1.29 is 14.4 Å². The molecule has 0 spiro atoms. The number of benzene rings is 1. The SMILES string of the molecule is CCNCc1cccc(NC(=O)CCCN2C(=O)NC(C)(C)C2=O)c1. The van der Waals surface area contributed by atoms with Gasteiger partial charge < -0.3 is 16.0 Å². The molecule has 0 saturated carbocycles. The maximum atomic E-state index is 12.1. The Balaban J connectivity index is 1.80. The van der Waals surface area contributed by atoms with Gasteiger partial charge in [0.25, 0.3) is 5.91 Å². The van der Waals surface area contributed by atoms with Gasteiger partial charge in [-0.2, -0.15) is 0 Å². The molecule has 7 heteroatoms. The normalized spacial score (nSPS) is 16.0. The molecule has 7 nitrogen and oxygen atoms in total. The number of anilines is 1. The molecule has 1 fully saturated rings. The van der Waals surface area contributed by atoms with E-state index in [0.29, 0.717) is 6.42 Å². The van der Waals surface area contributed by atoms with Gasteiger partial charge in [-0.3, -0.25) is 14.5 Å². The average Bonchev–Trinajstić information content (AvgIpc) is 2.74. The first-order valence-corrected chi connectivity index (χ1v) is 8.57. The van der Waals surface area contributed by atoms with E-state index in [0.717, 1.165) is 24.3 Å². The van der Waals surface area contributed by atoms with Gasteiger partial charge >= 0.3 is 6.03 Å². The molecule has 2 rings (SSSR count). The van der Waals surface area contributed by atoms with Gasteiger partial charge in [-0.15, -0.1) is 0 Å². The summed E-state index contributed by atoms with van der Waals surface area (Å²) in [5.41, 5.74) is 0.976. The summed E-state index contributed by atoms with van der Waals surface area (Å²) in [5, 5.41) is 8.71. The van der Waals surface area contributed by atoms with Crippen LogP contribution in [0.15, 0.2) is 24.3 Å². The lowest BCUT2D eigenvalue weighted by Gasteiger charge is -2.15. The summed E-state index contributed by atoms with van der Waals surface area (Å²) in [4.78, 5) is 37.1. The van der Waals surface area contributed by atoms with Gasteiger partial charge in [0.05, 0.1) is 0 Å². The first-order valence-electron chi connectivity index (χ1n) is 8.57. The molecule has 0 unspecified atom stereocenters. The minimum atomic E-state index is -0.869. The molecule has 1 heterocycles. The molecule has 136 valence electrons. The molecule has 0 aromatic heterocycles. The molecule has 3 N–H and O–H groups in total. The molecular weight excluding hydrogens is 320 g/mol. The number of carbonyl (C=O) groups is 3. The van der Waals surface area contributed by atoms with E-state index in [9.17, 15) is 14.4 Å². The van der Waals surface area contributed by atoms with Gasteiger partial charge in [0.2, 0.25) is 5.91 Å². The predicted octanol–water partition coefficient (Wildman–Crippen LogP) is 1.85. The van der Waals surface area contributed by atoms with E-state index in [1.165, 1.54) is 4.90 Å². The van der Waals surface area contributed by atoms with E-state index in [4.69, 9.17) is 0 Å². The van der Waals surface area contributed by atoms with Crippen LogP contribution in [0, 0.1) is 0 Å². The lowest BCUT2D eigenvalue weighted by molar-refractivity contribution is -0.130. The maximum Gasteiger partial charge on any atom is 0.325 e. The molecule has 1 saturated heterocycles. The van der Waals surface area contributed by atoms with Crippen LogP contribution in [-0.4, -0.2) is 41.4 Å².